The minimum atomic E-state index is -0.0535. The molecule has 5 aliphatic rings. The van der Waals surface area contributed by atoms with E-state index in [1.807, 2.05) is 0 Å². The van der Waals surface area contributed by atoms with Crippen molar-refractivity contribution in [3.8, 4) is 50.7 Å². The molecule has 0 spiro atoms. The Morgan fingerprint density at radius 3 is 1.81 bits per heavy atom. The Bertz CT molecular complexity index is 4060. The first kappa shape index (κ1) is 50.3. The first-order valence-electron chi connectivity index (χ1n) is 28.3. The van der Waals surface area contributed by atoms with Gasteiger partial charge in [-0.15, -0.1) is 53.6 Å². The summed E-state index contributed by atoms with van der Waals surface area (Å²) in [6, 6.07) is 80.7. The molecule has 6 heteroatoms. The molecule has 4 fully saturated rings. The van der Waals surface area contributed by atoms with Crippen LogP contribution in [0.2, 0.25) is 0 Å². The molecule has 0 amide bonds. The number of aryl methyl sites for hydroxylation is 4. The van der Waals surface area contributed by atoms with Gasteiger partial charge in [0.1, 0.15) is 5.82 Å². The molecule has 2 aromatic heterocycles. The summed E-state index contributed by atoms with van der Waals surface area (Å²) in [5.74, 6) is 5.05. The van der Waals surface area contributed by atoms with E-state index < -0.39 is 0 Å². The predicted octanol–water partition coefficient (Wildman–Crippen LogP) is 19.0. The smallest absolute Gasteiger partial charge is 0.135 e. The van der Waals surface area contributed by atoms with E-state index in [0.717, 1.165) is 90.0 Å². The summed E-state index contributed by atoms with van der Waals surface area (Å²) < 4.78 is 9.49. The monoisotopic (exact) mass is 1220 g/mol. The van der Waals surface area contributed by atoms with E-state index in [9.17, 15) is 0 Å². The van der Waals surface area contributed by atoms with Gasteiger partial charge in [0, 0.05) is 77.9 Å². The Kier molecular flexibility index (Phi) is 12.5. The van der Waals surface area contributed by atoms with Gasteiger partial charge in [0.15, 0.2) is 0 Å². The third-order valence-corrected chi connectivity index (χ3v) is 18.3. The molecule has 11 aromatic rings. The van der Waals surface area contributed by atoms with Gasteiger partial charge in [-0.3, -0.25) is 0 Å². The number of pyridine rings is 1. The number of anilines is 4. The number of hydrogen-bond donors (Lipinski definition) is 0. The van der Waals surface area contributed by atoms with Crippen LogP contribution in [0.4, 0.5) is 22.7 Å². The first-order valence-corrected chi connectivity index (χ1v) is 28.3. The van der Waals surface area contributed by atoms with Gasteiger partial charge in [0.05, 0.1) is 0 Å². The summed E-state index contributed by atoms with van der Waals surface area (Å²) in [6.45, 7) is 11.0. The van der Waals surface area contributed by atoms with E-state index in [4.69, 9.17) is 9.72 Å². The molecule has 0 unspecified atom stereocenters. The Morgan fingerprint density at radius 2 is 1.14 bits per heavy atom. The Balaban J connectivity index is 0.00000577. The summed E-state index contributed by atoms with van der Waals surface area (Å²) in [6.07, 6.45) is 8.72. The Labute approximate surface area is 484 Å². The molecule has 0 saturated heterocycles. The largest absolute Gasteiger partial charge is 0.509 e. The van der Waals surface area contributed by atoms with Gasteiger partial charge in [-0.1, -0.05) is 162 Å². The minimum absolute atomic E-state index is 0. The second kappa shape index (κ2) is 20.0. The van der Waals surface area contributed by atoms with Crippen molar-refractivity contribution >= 4 is 44.6 Å². The predicted molar refractivity (Wildman–Crippen MR) is 324 cm³/mol. The van der Waals surface area contributed by atoms with Gasteiger partial charge in [0.2, 0.25) is 0 Å². The fourth-order valence-electron chi connectivity index (χ4n) is 15.4. The molecule has 0 radical (unpaired) electrons. The van der Waals surface area contributed by atoms with Crippen LogP contribution >= 0.6 is 0 Å². The first-order chi connectivity index (χ1) is 38.7. The van der Waals surface area contributed by atoms with Crippen molar-refractivity contribution in [2.75, 3.05) is 9.80 Å². The van der Waals surface area contributed by atoms with Crippen molar-refractivity contribution in [1.82, 2.24) is 9.55 Å². The van der Waals surface area contributed by atoms with E-state index in [1.54, 1.807) is 0 Å². The van der Waals surface area contributed by atoms with Crippen LogP contribution in [0, 0.1) is 70.2 Å². The molecule has 16 rings (SSSR count). The summed E-state index contributed by atoms with van der Waals surface area (Å²) >= 11 is 0. The normalized spacial score (nSPS) is 19.9. The van der Waals surface area contributed by atoms with E-state index in [-0.39, 0.29) is 26.5 Å². The van der Waals surface area contributed by atoms with E-state index in [2.05, 4.69) is 267 Å². The number of aromatic nitrogens is 2. The second-order valence-electron chi connectivity index (χ2n) is 23.2. The van der Waals surface area contributed by atoms with Crippen molar-refractivity contribution in [2.45, 2.75) is 65.2 Å². The molecule has 5 nitrogen and oxygen atoms in total. The zero-order valence-corrected chi connectivity index (χ0v) is 47.8. The molecule has 4 aliphatic carbocycles. The van der Waals surface area contributed by atoms with Crippen LogP contribution in [-0.2, 0) is 26.5 Å². The number of benzene rings is 9. The summed E-state index contributed by atoms with van der Waals surface area (Å²) in [5.41, 5.74) is 20.7. The third-order valence-electron chi connectivity index (χ3n) is 18.3. The van der Waals surface area contributed by atoms with Crippen molar-refractivity contribution in [3.05, 3.63) is 259 Å². The maximum Gasteiger partial charge on any atom is 0.135 e. The molecule has 0 atom stereocenters. The summed E-state index contributed by atoms with van der Waals surface area (Å²) in [4.78, 5) is 9.88. The SMILES string of the molecule is Cc1ccc(C2(c3ccnc(-n4c5[c-]c(Oc6[c-]c(N7[CH-]N(c8c(-c9ccccc9)cccc8-c8ccccc8)c8ccccc87)cc(-c7c(C)cc(C)cc7C)c6)ccc5c5ccccc54)c3)C3CC4CC(C3)CC2C4)cc1.[Pt]. The molecule has 4 bridgehead atoms. The van der Waals surface area contributed by atoms with Crippen LogP contribution in [0.5, 0.6) is 11.5 Å². The molecule has 0 N–H and O–H groups in total. The maximum atomic E-state index is 7.16. The third kappa shape index (κ3) is 8.25. The topological polar surface area (TPSA) is 33.5 Å². The molecule has 1 aliphatic heterocycles. The molecular weight excluding hydrogens is 1160 g/mol. The average molecular weight is 1220 g/mol. The van der Waals surface area contributed by atoms with Gasteiger partial charge in [-0.25, -0.2) is 4.98 Å². The van der Waals surface area contributed by atoms with Crippen LogP contribution in [0.3, 0.4) is 0 Å². The molecule has 4 saturated carbocycles. The zero-order chi connectivity index (χ0) is 52.9. The van der Waals surface area contributed by atoms with Gasteiger partial charge in [-0.05, 0) is 158 Å². The molecule has 396 valence electrons. The van der Waals surface area contributed by atoms with Gasteiger partial charge < -0.3 is 19.1 Å². The minimum Gasteiger partial charge on any atom is -0.509 e. The number of nitrogens with zero attached hydrogens (tertiary/aromatic N) is 4. The van der Waals surface area contributed by atoms with Crippen molar-refractivity contribution in [3.63, 3.8) is 0 Å². The van der Waals surface area contributed by atoms with Crippen LogP contribution in [-0.4, -0.2) is 9.55 Å². The second-order valence-corrected chi connectivity index (χ2v) is 23.2. The number of fused-ring (bicyclic) bond motifs is 4. The van der Waals surface area contributed by atoms with Gasteiger partial charge >= 0.3 is 0 Å². The molecular formula is C74H61N4OPt-3. The fourth-order valence-corrected chi connectivity index (χ4v) is 15.4. The fraction of sp³-hybridized carbons (Fsp3) is 0.189. The van der Waals surface area contributed by atoms with E-state index in [0.29, 0.717) is 23.3 Å². The molecule has 3 heterocycles. The summed E-state index contributed by atoms with van der Waals surface area (Å²) in [7, 11) is 0. The van der Waals surface area contributed by atoms with Crippen molar-refractivity contribution in [2.24, 2.45) is 23.7 Å². The van der Waals surface area contributed by atoms with Gasteiger partial charge in [-0.2, -0.15) is 6.07 Å². The Hall–Kier alpha value is -7.98. The Morgan fingerprint density at radius 1 is 0.512 bits per heavy atom. The van der Waals surface area contributed by atoms with Crippen LogP contribution in [0.25, 0.3) is 61.0 Å². The maximum absolute atomic E-state index is 7.16. The van der Waals surface area contributed by atoms with Crippen LogP contribution in [0.15, 0.2) is 206 Å². The number of para-hydroxylation sites is 4. The zero-order valence-electron chi connectivity index (χ0n) is 45.6. The van der Waals surface area contributed by atoms with E-state index >= 15 is 0 Å². The number of hydrogen-bond acceptors (Lipinski definition) is 4. The quantitative estimate of drug-likeness (QED) is 0.128. The number of ether oxygens (including phenoxy) is 1. The van der Waals surface area contributed by atoms with Crippen LogP contribution < -0.4 is 14.5 Å². The number of rotatable bonds is 10. The standard InChI is InChI=1S/C74H61N4O.Pt/c1-47-26-28-56(29-27-47)74(58-37-51-36-52(39-58)40-59(74)38-51)57-32-33-75-71(43-57)78-67-23-12-11-20-65(67)66-31-30-61(45-70(66)78)79-62-42-55(72-49(3)34-48(2)35-50(72)4)41-60(44-62)76-46-77(69-25-14-13-24-68(69)76)73-63(53-16-7-5-8-17-53)21-15-22-64(73)54-18-9-6-10-19-54;/h5-35,41-43,46,51-52,58-59H,36-40H2,1-4H3;/q-3;. The average Bonchev–Trinajstić information content (AvgIpc) is 4.15. The van der Waals surface area contributed by atoms with Gasteiger partial charge in [0.25, 0.3) is 0 Å². The van der Waals surface area contributed by atoms with Crippen molar-refractivity contribution < 1.29 is 25.8 Å². The molecule has 80 heavy (non-hydrogen) atoms. The summed E-state index contributed by atoms with van der Waals surface area (Å²) in [5, 5.41) is 2.27. The van der Waals surface area contributed by atoms with E-state index in [1.165, 1.54) is 71.0 Å². The van der Waals surface area contributed by atoms with Crippen molar-refractivity contribution in [1.29, 1.82) is 0 Å². The van der Waals surface area contributed by atoms with Crippen LogP contribution in [0.1, 0.15) is 65.5 Å². The molecule has 9 aromatic carbocycles.